The minimum Gasteiger partial charge on any atom is -0.322 e. The van der Waals surface area contributed by atoms with Gasteiger partial charge in [0.1, 0.15) is 5.82 Å². The fourth-order valence-corrected chi connectivity index (χ4v) is 2.65. The van der Waals surface area contributed by atoms with Gasteiger partial charge in [-0.1, -0.05) is 24.3 Å². The maximum Gasteiger partial charge on any atom is 0.258 e. The van der Waals surface area contributed by atoms with Crippen LogP contribution in [0.3, 0.4) is 0 Å². The van der Waals surface area contributed by atoms with E-state index in [4.69, 9.17) is 0 Å². The first-order valence-corrected chi connectivity index (χ1v) is 7.97. The Morgan fingerprint density at radius 2 is 1.88 bits per heavy atom. The minimum absolute atomic E-state index is 0.00226. The topological polar surface area (TPSA) is 72.2 Å². The zero-order chi connectivity index (χ0) is 18.1. The van der Waals surface area contributed by atoms with Crippen LogP contribution in [0.15, 0.2) is 60.7 Å². The molecule has 0 aliphatic rings. The van der Waals surface area contributed by atoms with Crippen LogP contribution in [0.5, 0.6) is 0 Å². The summed E-state index contributed by atoms with van der Waals surface area (Å²) < 4.78 is 15.4. The number of aryl methyl sites for hydroxylation is 1. The second kappa shape index (κ2) is 6.36. The van der Waals surface area contributed by atoms with E-state index in [2.05, 4.69) is 20.6 Å². The van der Waals surface area contributed by atoms with Gasteiger partial charge >= 0.3 is 0 Å². The summed E-state index contributed by atoms with van der Waals surface area (Å²) in [5.74, 6) is -0.375. The van der Waals surface area contributed by atoms with Gasteiger partial charge in [-0.05, 0) is 43.3 Å². The minimum atomic E-state index is -0.559. The highest BCUT2D eigenvalue weighted by Crippen LogP contribution is 2.22. The molecule has 4 aromatic rings. The first-order chi connectivity index (χ1) is 12.6. The lowest BCUT2D eigenvalue weighted by Gasteiger charge is -2.08. The lowest BCUT2D eigenvalue weighted by Crippen LogP contribution is -2.13. The van der Waals surface area contributed by atoms with E-state index in [1.54, 1.807) is 34.8 Å². The third-order valence-corrected chi connectivity index (χ3v) is 3.95. The Balaban J connectivity index is 1.64. The van der Waals surface area contributed by atoms with Crippen molar-refractivity contribution in [3.63, 3.8) is 0 Å². The van der Waals surface area contributed by atoms with Gasteiger partial charge in [-0.2, -0.15) is 9.61 Å². The molecule has 0 fully saturated rings. The largest absolute Gasteiger partial charge is 0.322 e. The number of benzene rings is 2. The molecule has 0 aliphatic carbocycles. The molecule has 0 atom stereocenters. The van der Waals surface area contributed by atoms with Gasteiger partial charge in [0, 0.05) is 11.3 Å². The van der Waals surface area contributed by atoms with Gasteiger partial charge in [0.05, 0.1) is 11.3 Å². The van der Waals surface area contributed by atoms with Crippen molar-refractivity contribution in [2.75, 3.05) is 5.32 Å². The van der Waals surface area contributed by atoms with E-state index in [0.717, 1.165) is 5.56 Å². The summed E-state index contributed by atoms with van der Waals surface area (Å²) in [6, 6.07) is 16.7. The molecule has 0 spiro atoms. The number of hydrogen-bond acceptors (Lipinski definition) is 4. The van der Waals surface area contributed by atoms with Crippen LogP contribution < -0.4 is 5.32 Å². The molecule has 2 aromatic carbocycles. The molecule has 1 N–H and O–H groups in total. The van der Waals surface area contributed by atoms with Crippen LogP contribution in [0.4, 0.5) is 10.1 Å². The summed E-state index contributed by atoms with van der Waals surface area (Å²) in [4.78, 5) is 12.3. The number of carbonyl (C=O) groups excluding carboxylic acids is 1. The van der Waals surface area contributed by atoms with E-state index in [9.17, 15) is 9.18 Å². The van der Waals surface area contributed by atoms with Crippen molar-refractivity contribution in [1.82, 2.24) is 19.8 Å². The standard InChI is InChI=1S/C19H14FN5O/c1-12-22-23-18-10-9-17(24-25(12)18)13-5-4-6-14(11-13)21-19(26)15-7-2-3-8-16(15)20/h2-11H,1H3,(H,21,26). The Morgan fingerprint density at radius 1 is 1.04 bits per heavy atom. The van der Waals surface area contributed by atoms with Gasteiger partial charge in [0.15, 0.2) is 11.5 Å². The molecule has 2 aromatic heterocycles. The van der Waals surface area contributed by atoms with Gasteiger partial charge in [0.25, 0.3) is 5.91 Å². The summed E-state index contributed by atoms with van der Waals surface area (Å²) >= 11 is 0. The highest BCUT2D eigenvalue weighted by molar-refractivity contribution is 6.04. The number of aromatic nitrogens is 4. The molecular formula is C19H14FN5O. The third kappa shape index (κ3) is 2.90. The fraction of sp³-hybridized carbons (Fsp3) is 0.0526. The molecule has 1 amide bonds. The predicted molar refractivity (Wildman–Crippen MR) is 95.3 cm³/mol. The van der Waals surface area contributed by atoms with Gasteiger partial charge in [-0.15, -0.1) is 10.2 Å². The number of halogens is 1. The molecule has 2 heterocycles. The second-order valence-corrected chi connectivity index (χ2v) is 5.75. The van der Waals surface area contributed by atoms with Crippen molar-refractivity contribution < 1.29 is 9.18 Å². The highest BCUT2D eigenvalue weighted by Gasteiger charge is 2.12. The Bertz CT molecular complexity index is 1120. The second-order valence-electron chi connectivity index (χ2n) is 5.75. The van der Waals surface area contributed by atoms with Gasteiger partial charge in [0.2, 0.25) is 0 Å². The Morgan fingerprint density at radius 3 is 2.73 bits per heavy atom. The van der Waals surface area contributed by atoms with Gasteiger partial charge in [-0.25, -0.2) is 4.39 Å². The van der Waals surface area contributed by atoms with Crippen LogP contribution in [-0.4, -0.2) is 25.7 Å². The molecule has 7 heteroatoms. The summed E-state index contributed by atoms with van der Waals surface area (Å²) in [6.45, 7) is 1.82. The monoisotopic (exact) mass is 347 g/mol. The van der Waals surface area contributed by atoms with Crippen molar-refractivity contribution >= 4 is 17.2 Å². The Labute approximate surface area is 148 Å². The lowest BCUT2D eigenvalue weighted by atomic mass is 10.1. The Hall–Kier alpha value is -3.61. The molecule has 0 aliphatic heterocycles. The van der Waals surface area contributed by atoms with Gasteiger partial charge in [-0.3, -0.25) is 4.79 Å². The van der Waals surface area contributed by atoms with Crippen molar-refractivity contribution in [2.24, 2.45) is 0 Å². The molecule has 4 rings (SSSR count). The molecule has 0 bridgehead atoms. The third-order valence-electron chi connectivity index (χ3n) is 3.95. The molecule has 0 saturated heterocycles. The van der Waals surface area contributed by atoms with Crippen molar-refractivity contribution in [2.45, 2.75) is 6.92 Å². The number of anilines is 1. The quantitative estimate of drug-likeness (QED) is 0.616. The lowest BCUT2D eigenvalue weighted by molar-refractivity contribution is 0.102. The zero-order valence-corrected chi connectivity index (χ0v) is 13.8. The van der Waals surface area contributed by atoms with Crippen LogP contribution >= 0.6 is 0 Å². The van der Waals surface area contributed by atoms with E-state index in [1.165, 1.54) is 12.1 Å². The van der Waals surface area contributed by atoms with Crippen molar-refractivity contribution in [1.29, 1.82) is 0 Å². The average molecular weight is 347 g/mol. The smallest absolute Gasteiger partial charge is 0.258 e. The first-order valence-electron chi connectivity index (χ1n) is 7.97. The van der Waals surface area contributed by atoms with E-state index in [-0.39, 0.29) is 5.56 Å². The molecule has 0 saturated carbocycles. The van der Waals surface area contributed by atoms with Crippen LogP contribution in [0.25, 0.3) is 16.9 Å². The number of hydrogen-bond donors (Lipinski definition) is 1. The maximum atomic E-state index is 13.8. The van der Waals surface area contributed by atoms with E-state index in [0.29, 0.717) is 22.9 Å². The van der Waals surface area contributed by atoms with E-state index < -0.39 is 11.7 Å². The van der Waals surface area contributed by atoms with Gasteiger partial charge < -0.3 is 5.32 Å². The first kappa shape index (κ1) is 15.9. The average Bonchev–Trinajstić information content (AvgIpc) is 3.03. The van der Waals surface area contributed by atoms with Crippen molar-refractivity contribution in [3.8, 4) is 11.3 Å². The molecule has 0 unspecified atom stereocenters. The number of nitrogens with one attached hydrogen (secondary N) is 1. The van der Waals surface area contributed by atoms with Crippen molar-refractivity contribution in [3.05, 3.63) is 77.9 Å². The number of nitrogens with zero attached hydrogens (tertiary/aromatic N) is 4. The SMILES string of the molecule is Cc1nnc2ccc(-c3cccc(NC(=O)c4ccccc4F)c3)nn12. The maximum absolute atomic E-state index is 13.8. The predicted octanol–water partition coefficient (Wildman–Crippen LogP) is 3.49. The Kier molecular flexibility index (Phi) is 3.89. The van der Waals surface area contributed by atoms with E-state index in [1.807, 2.05) is 25.1 Å². The summed E-state index contributed by atoms with van der Waals surface area (Å²) in [6.07, 6.45) is 0. The molecule has 6 nitrogen and oxygen atoms in total. The van der Waals surface area contributed by atoms with Crippen LogP contribution in [0, 0.1) is 12.7 Å². The van der Waals surface area contributed by atoms with Crippen LogP contribution in [0.2, 0.25) is 0 Å². The summed E-state index contributed by atoms with van der Waals surface area (Å²) in [5, 5.41) is 15.2. The summed E-state index contributed by atoms with van der Waals surface area (Å²) in [5.41, 5.74) is 2.74. The number of carbonyl (C=O) groups is 1. The number of fused-ring (bicyclic) bond motifs is 1. The molecular weight excluding hydrogens is 333 g/mol. The van der Waals surface area contributed by atoms with Crippen LogP contribution in [0.1, 0.15) is 16.2 Å². The zero-order valence-electron chi connectivity index (χ0n) is 13.8. The van der Waals surface area contributed by atoms with E-state index >= 15 is 0 Å². The van der Waals surface area contributed by atoms with Crippen LogP contribution in [-0.2, 0) is 0 Å². The normalized spacial score (nSPS) is 10.8. The number of amides is 1. The molecule has 0 radical (unpaired) electrons. The highest BCUT2D eigenvalue weighted by atomic mass is 19.1. The summed E-state index contributed by atoms with van der Waals surface area (Å²) in [7, 11) is 0. The molecule has 128 valence electrons. The molecule has 26 heavy (non-hydrogen) atoms. The fourth-order valence-electron chi connectivity index (χ4n) is 2.65. The number of rotatable bonds is 3.